The standard InChI is InChI=1S/C45H35ClF6N10O/c1-63-26-6-20(5-23(47)7-26)28-12-55-14-30(44-57-35-10-24(48)8-33(50)40(35)59-44)42(28)61-16-21(17-61)38(53)39(54)22-18-62(19-22)43-29(27-3-2-4-32(46)37(27)52)13-56-15-31(43)45-58-36-11-25(49)9-34(51)41(36)60-45/h2-15,21-22,38-39H,16-19,53-54H2,1H3,(H,57,59)(H,58,60). The SMILES string of the molecule is COc1cc(F)cc(-c2cncc(-c3nc4c(F)cc(F)cc4[nH]3)c2N2CC(C(N)C(N)C3CN(c4c(-c5nc6c(F)cc(F)cc6[nH]5)cncc4-c4cccc(Cl)c4F)C3)C2)c1. The molecule has 11 nitrogen and oxygen atoms in total. The van der Waals surface area contributed by atoms with Gasteiger partial charge >= 0.3 is 0 Å². The van der Waals surface area contributed by atoms with E-state index in [-0.39, 0.29) is 61.9 Å². The zero-order valence-corrected chi connectivity index (χ0v) is 33.9. The van der Waals surface area contributed by atoms with Crippen molar-refractivity contribution in [3.8, 4) is 50.8 Å². The van der Waals surface area contributed by atoms with Crippen molar-refractivity contribution in [1.82, 2.24) is 29.9 Å². The second kappa shape index (κ2) is 15.6. The molecule has 2 aliphatic rings. The molecule has 0 radical (unpaired) electrons. The minimum absolute atomic E-state index is 0.0511. The van der Waals surface area contributed by atoms with Crippen molar-refractivity contribution in [2.45, 2.75) is 12.1 Å². The number of hydrogen-bond acceptors (Lipinski definition) is 9. The van der Waals surface area contributed by atoms with E-state index in [0.29, 0.717) is 65.4 Å². The van der Waals surface area contributed by atoms with Gasteiger partial charge in [0.05, 0.1) is 45.7 Å². The Balaban J connectivity index is 0.935. The van der Waals surface area contributed by atoms with Crippen molar-refractivity contribution in [3.63, 3.8) is 0 Å². The predicted octanol–water partition coefficient (Wildman–Crippen LogP) is 8.62. The van der Waals surface area contributed by atoms with Gasteiger partial charge in [-0.1, -0.05) is 23.7 Å². The minimum atomic E-state index is -0.843. The van der Waals surface area contributed by atoms with Crippen LogP contribution in [-0.4, -0.2) is 75.3 Å². The fraction of sp³-hybridized carbons (Fsp3) is 0.200. The van der Waals surface area contributed by atoms with Crippen LogP contribution in [-0.2, 0) is 0 Å². The van der Waals surface area contributed by atoms with Gasteiger partial charge in [-0.15, -0.1) is 0 Å². The van der Waals surface area contributed by atoms with Crippen molar-refractivity contribution in [2.75, 3.05) is 43.1 Å². The molecule has 63 heavy (non-hydrogen) atoms. The summed E-state index contributed by atoms with van der Waals surface area (Å²) in [5.74, 6) is -3.90. The Bertz CT molecular complexity index is 3100. The van der Waals surface area contributed by atoms with Crippen molar-refractivity contribution >= 4 is 45.0 Å². The third-order valence-electron chi connectivity index (χ3n) is 12.0. The van der Waals surface area contributed by atoms with E-state index in [2.05, 4.69) is 29.9 Å². The number of rotatable bonds is 10. The van der Waals surface area contributed by atoms with Crippen molar-refractivity contribution in [3.05, 3.63) is 125 Å². The zero-order chi connectivity index (χ0) is 43.8. The Labute approximate surface area is 359 Å². The van der Waals surface area contributed by atoms with Gasteiger partial charge in [-0.2, -0.15) is 0 Å². The number of nitrogens with one attached hydrogen (secondary N) is 2. The Hall–Kier alpha value is -6.69. The number of hydrogen-bond donors (Lipinski definition) is 4. The highest BCUT2D eigenvalue weighted by Gasteiger charge is 2.43. The molecule has 320 valence electrons. The number of aromatic amines is 2. The summed E-state index contributed by atoms with van der Waals surface area (Å²) < 4.78 is 93.9. The molecule has 4 aromatic carbocycles. The Morgan fingerprint density at radius 3 is 1.67 bits per heavy atom. The minimum Gasteiger partial charge on any atom is -0.497 e. The number of fused-ring (bicyclic) bond motifs is 2. The smallest absolute Gasteiger partial charge is 0.153 e. The van der Waals surface area contributed by atoms with Crippen molar-refractivity contribution < 1.29 is 31.1 Å². The quantitative estimate of drug-likeness (QED) is 0.0991. The number of benzene rings is 4. The lowest BCUT2D eigenvalue weighted by molar-refractivity contribution is 0.232. The molecule has 2 saturated heterocycles. The van der Waals surface area contributed by atoms with Crippen LogP contribution in [0, 0.1) is 46.7 Å². The first-order chi connectivity index (χ1) is 30.3. The summed E-state index contributed by atoms with van der Waals surface area (Å²) in [6.45, 7) is 1.68. The zero-order valence-electron chi connectivity index (χ0n) is 33.1. The van der Waals surface area contributed by atoms with Gasteiger partial charge in [-0.25, -0.2) is 36.3 Å². The normalized spacial score (nSPS) is 15.5. The van der Waals surface area contributed by atoms with Crippen LogP contribution in [0.15, 0.2) is 85.5 Å². The second-order valence-corrected chi connectivity index (χ2v) is 16.3. The van der Waals surface area contributed by atoms with Crippen molar-refractivity contribution in [2.24, 2.45) is 23.3 Å². The predicted molar refractivity (Wildman–Crippen MR) is 228 cm³/mol. The lowest BCUT2D eigenvalue weighted by atomic mass is 9.78. The second-order valence-electron chi connectivity index (χ2n) is 15.9. The van der Waals surface area contributed by atoms with Gasteiger partial charge in [0, 0.05) is 110 Å². The number of pyridine rings is 2. The molecule has 18 heteroatoms. The van der Waals surface area contributed by atoms with E-state index >= 15 is 4.39 Å². The number of nitrogens with two attached hydrogens (primary N) is 2. The molecule has 4 aromatic heterocycles. The molecule has 0 spiro atoms. The lowest BCUT2D eigenvalue weighted by Gasteiger charge is -2.51. The maximum atomic E-state index is 15.6. The van der Waals surface area contributed by atoms with Gasteiger partial charge in [-0.05, 0) is 35.9 Å². The number of ether oxygens (including phenoxy) is 1. The van der Waals surface area contributed by atoms with Crippen LogP contribution in [0.2, 0.25) is 5.02 Å². The van der Waals surface area contributed by atoms with Crippen LogP contribution in [0.4, 0.5) is 37.7 Å². The number of H-pyrrole nitrogens is 2. The maximum Gasteiger partial charge on any atom is 0.153 e. The van der Waals surface area contributed by atoms with Crippen LogP contribution >= 0.6 is 11.6 Å². The summed E-state index contributed by atoms with van der Waals surface area (Å²) in [4.78, 5) is 27.8. The highest BCUT2D eigenvalue weighted by Crippen LogP contribution is 2.46. The summed E-state index contributed by atoms with van der Waals surface area (Å²) in [6.07, 6.45) is 6.19. The lowest BCUT2D eigenvalue weighted by Crippen LogP contribution is -2.66. The van der Waals surface area contributed by atoms with Gasteiger partial charge in [0.25, 0.3) is 0 Å². The van der Waals surface area contributed by atoms with E-state index in [1.54, 1.807) is 30.6 Å². The van der Waals surface area contributed by atoms with E-state index in [4.69, 9.17) is 27.8 Å². The van der Waals surface area contributed by atoms with E-state index in [1.807, 2.05) is 9.80 Å². The molecular formula is C45H35ClF6N10O. The third kappa shape index (κ3) is 7.05. The van der Waals surface area contributed by atoms with Gasteiger partial charge in [0.2, 0.25) is 0 Å². The molecule has 2 aliphatic heterocycles. The molecule has 6 heterocycles. The fourth-order valence-corrected chi connectivity index (χ4v) is 8.91. The van der Waals surface area contributed by atoms with Crippen LogP contribution in [0.5, 0.6) is 5.75 Å². The number of nitrogens with zero attached hydrogens (tertiary/aromatic N) is 6. The summed E-state index contributed by atoms with van der Waals surface area (Å²) in [7, 11) is 1.43. The average molecular weight is 881 g/mol. The molecule has 2 unspecified atom stereocenters. The molecular weight excluding hydrogens is 846 g/mol. The first-order valence-corrected chi connectivity index (χ1v) is 20.2. The number of methoxy groups -OCH3 is 1. The first kappa shape index (κ1) is 40.4. The van der Waals surface area contributed by atoms with Gasteiger partial charge < -0.3 is 36.0 Å². The molecule has 0 amide bonds. The topological polar surface area (TPSA) is 151 Å². The summed E-state index contributed by atoms with van der Waals surface area (Å²) >= 11 is 6.22. The molecule has 2 atom stereocenters. The number of anilines is 2. The molecule has 0 saturated carbocycles. The van der Waals surface area contributed by atoms with E-state index in [1.165, 1.54) is 37.7 Å². The largest absolute Gasteiger partial charge is 0.497 e. The Morgan fingerprint density at radius 2 is 1.13 bits per heavy atom. The highest BCUT2D eigenvalue weighted by atomic mass is 35.5. The molecule has 0 aliphatic carbocycles. The van der Waals surface area contributed by atoms with E-state index in [9.17, 15) is 22.0 Å². The van der Waals surface area contributed by atoms with Crippen molar-refractivity contribution in [1.29, 1.82) is 0 Å². The molecule has 10 rings (SSSR count). The fourth-order valence-electron chi connectivity index (χ4n) is 8.74. The van der Waals surface area contributed by atoms with Crippen LogP contribution in [0.1, 0.15) is 0 Å². The van der Waals surface area contributed by atoms with E-state index in [0.717, 1.165) is 24.3 Å². The average Bonchev–Trinajstić information content (AvgIpc) is 3.86. The third-order valence-corrected chi connectivity index (χ3v) is 12.3. The number of imidazole rings is 2. The Kier molecular flexibility index (Phi) is 9.99. The number of halogens is 7. The van der Waals surface area contributed by atoms with E-state index < -0.39 is 47.0 Å². The summed E-state index contributed by atoms with van der Waals surface area (Å²) in [5, 5.41) is -0.0855. The van der Waals surface area contributed by atoms with Crippen LogP contribution in [0.3, 0.4) is 0 Å². The van der Waals surface area contributed by atoms with Crippen LogP contribution < -0.4 is 26.0 Å². The summed E-state index contributed by atoms with van der Waals surface area (Å²) in [6, 6.07) is 11.7. The maximum absolute atomic E-state index is 15.6. The first-order valence-electron chi connectivity index (χ1n) is 19.8. The van der Waals surface area contributed by atoms with Gasteiger partial charge in [-0.3, -0.25) is 9.97 Å². The molecule has 0 bridgehead atoms. The molecule has 2 fully saturated rings. The Morgan fingerprint density at radius 1 is 0.635 bits per heavy atom. The van der Waals surface area contributed by atoms with Crippen LogP contribution in [0.25, 0.3) is 67.1 Å². The summed E-state index contributed by atoms with van der Waals surface area (Å²) in [5.41, 5.74) is 17.7. The highest BCUT2D eigenvalue weighted by molar-refractivity contribution is 6.31. The van der Waals surface area contributed by atoms with Gasteiger partial charge in [0.1, 0.15) is 51.7 Å². The molecule has 6 N–H and O–H groups in total. The monoisotopic (exact) mass is 880 g/mol. The molecule has 8 aromatic rings. The number of aromatic nitrogens is 6. The van der Waals surface area contributed by atoms with Gasteiger partial charge in [0.15, 0.2) is 11.6 Å².